The summed E-state index contributed by atoms with van der Waals surface area (Å²) in [6.07, 6.45) is 3.62. The zero-order chi connectivity index (χ0) is 35.9. The highest BCUT2D eigenvalue weighted by Crippen LogP contribution is 2.37. The van der Waals surface area contributed by atoms with E-state index in [1.807, 2.05) is 108 Å². The number of nitrogens with zero attached hydrogens (tertiary/aromatic N) is 6. The molecule has 2 aliphatic rings. The van der Waals surface area contributed by atoms with Crippen molar-refractivity contribution in [3.63, 3.8) is 0 Å². The van der Waals surface area contributed by atoms with Crippen molar-refractivity contribution in [3.8, 4) is 11.1 Å². The molecule has 2 saturated heterocycles. The third-order valence-corrected chi connectivity index (χ3v) is 10.8. The molecular weight excluding hydrogens is 649 g/mol. The lowest BCUT2D eigenvalue weighted by Crippen LogP contribution is -2.40. The Balaban J connectivity index is 1.03. The smallest absolute Gasteiger partial charge is 0.245 e. The second-order valence-electron chi connectivity index (χ2n) is 14.6. The molecule has 10 nitrogen and oxygen atoms in total. The van der Waals surface area contributed by atoms with Gasteiger partial charge in [0.15, 0.2) is 0 Å². The summed E-state index contributed by atoms with van der Waals surface area (Å²) in [6, 6.07) is 31.7. The molecule has 0 aliphatic carbocycles. The standard InChI is InChI=1S/C42H46N8O2/c1-47(2)37(27-13-7-5-8-14-27)41(51)49-23-11-17-35(49)39-43-31-21-19-29(25-33(31)45-39)30-20-22-32-34(26-30)46-40(44-32)36-18-12-24-50(36)42(52)38(48(3)4)28-15-9-6-10-16-28/h5-10,13-16,19-22,25-26,35-38H,11-12,17-18,23-24H2,1-4H3,(H,43,45)(H,44,46)/t35?,36?,37-,38-/m1/s1. The summed E-state index contributed by atoms with van der Waals surface area (Å²) < 4.78 is 0. The Kier molecular flexibility index (Phi) is 9.11. The number of rotatable bonds is 9. The molecule has 4 aromatic carbocycles. The van der Waals surface area contributed by atoms with E-state index in [1.165, 1.54) is 0 Å². The van der Waals surface area contributed by atoms with Gasteiger partial charge in [-0.05, 0) is 100 Å². The quantitative estimate of drug-likeness (QED) is 0.168. The van der Waals surface area contributed by atoms with Crippen LogP contribution in [-0.2, 0) is 9.59 Å². The van der Waals surface area contributed by atoms with E-state index >= 15 is 0 Å². The molecule has 8 rings (SSSR count). The highest BCUT2D eigenvalue weighted by atomic mass is 16.2. The molecule has 2 amide bonds. The van der Waals surface area contributed by atoms with Gasteiger partial charge in [0.1, 0.15) is 23.7 Å². The molecule has 4 heterocycles. The van der Waals surface area contributed by atoms with Crippen LogP contribution in [0.5, 0.6) is 0 Å². The van der Waals surface area contributed by atoms with E-state index in [0.717, 1.165) is 81.7 Å². The number of amides is 2. The number of carbonyl (C=O) groups is 2. The van der Waals surface area contributed by atoms with Gasteiger partial charge in [0.2, 0.25) is 11.8 Å². The summed E-state index contributed by atoms with van der Waals surface area (Å²) in [5.41, 5.74) is 7.72. The summed E-state index contributed by atoms with van der Waals surface area (Å²) in [5.74, 6) is 1.86. The summed E-state index contributed by atoms with van der Waals surface area (Å²) >= 11 is 0. The highest BCUT2D eigenvalue weighted by molar-refractivity contribution is 5.88. The second-order valence-corrected chi connectivity index (χ2v) is 14.6. The first-order valence-electron chi connectivity index (χ1n) is 18.3. The van der Waals surface area contributed by atoms with Crippen LogP contribution in [0.1, 0.15) is 72.6 Å². The lowest BCUT2D eigenvalue weighted by Gasteiger charge is -2.31. The van der Waals surface area contributed by atoms with Crippen molar-refractivity contribution in [1.82, 2.24) is 39.5 Å². The van der Waals surface area contributed by atoms with Crippen LogP contribution in [0.15, 0.2) is 97.1 Å². The second kappa shape index (κ2) is 14.0. The van der Waals surface area contributed by atoms with Gasteiger partial charge in [-0.3, -0.25) is 19.4 Å². The molecular formula is C42H46N8O2. The van der Waals surface area contributed by atoms with E-state index in [1.54, 1.807) is 0 Å². The molecule has 0 radical (unpaired) electrons. The van der Waals surface area contributed by atoms with Gasteiger partial charge in [0.05, 0.1) is 34.2 Å². The number of hydrogen-bond acceptors (Lipinski definition) is 6. The number of likely N-dealkylation sites (tertiary alicyclic amines) is 2. The van der Waals surface area contributed by atoms with Gasteiger partial charge in [0.25, 0.3) is 0 Å². The number of hydrogen-bond donors (Lipinski definition) is 2. The van der Waals surface area contributed by atoms with Crippen molar-refractivity contribution < 1.29 is 9.59 Å². The van der Waals surface area contributed by atoms with Gasteiger partial charge in [-0.1, -0.05) is 72.8 Å². The normalized spacial score (nSPS) is 19.0. The monoisotopic (exact) mass is 694 g/mol. The summed E-state index contributed by atoms with van der Waals surface area (Å²) in [6.45, 7) is 1.43. The fourth-order valence-electron chi connectivity index (χ4n) is 8.26. The fourth-order valence-corrected chi connectivity index (χ4v) is 8.26. The summed E-state index contributed by atoms with van der Waals surface area (Å²) in [4.78, 5) is 53.2. The average molecular weight is 695 g/mol. The number of aromatic amines is 2. The minimum atomic E-state index is -0.350. The maximum Gasteiger partial charge on any atom is 0.245 e. The fraction of sp³-hybridized carbons (Fsp3) is 0.333. The molecule has 2 unspecified atom stereocenters. The predicted octanol–water partition coefficient (Wildman–Crippen LogP) is 7.04. The minimum absolute atomic E-state index is 0.101. The molecule has 52 heavy (non-hydrogen) atoms. The predicted molar refractivity (Wildman–Crippen MR) is 204 cm³/mol. The SMILES string of the molecule is CN(C)[C@@H](C(=O)N1CCCC1c1nc2cc(-c3ccc4[nH]c(C5CCCN5C(=O)[C@@H](c5ccccc5)N(C)C)nc4c3)ccc2[nH]1)c1ccccc1. The van der Waals surface area contributed by atoms with Gasteiger partial charge in [-0.15, -0.1) is 0 Å². The zero-order valence-electron chi connectivity index (χ0n) is 30.3. The Morgan fingerprint density at radius 2 is 1.02 bits per heavy atom. The third-order valence-electron chi connectivity index (χ3n) is 10.8. The Morgan fingerprint density at radius 1 is 0.615 bits per heavy atom. The molecule has 2 aromatic heterocycles. The molecule has 4 atom stereocenters. The van der Waals surface area contributed by atoms with E-state index < -0.39 is 0 Å². The van der Waals surface area contributed by atoms with Gasteiger partial charge in [0, 0.05) is 13.1 Å². The molecule has 6 aromatic rings. The molecule has 2 N–H and O–H groups in total. The Morgan fingerprint density at radius 3 is 1.40 bits per heavy atom. The maximum absolute atomic E-state index is 14.0. The van der Waals surface area contributed by atoms with Crippen LogP contribution in [0.3, 0.4) is 0 Å². The van der Waals surface area contributed by atoms with Gasteiger partial charge in [-0.25, -0.2) is 9.97 Å². The van der Waals surface area contributed by atoms with Crippen LogP contribution in [0.2, 0.25) is 0 Å². The molecule has 0 spiro atoms. The van der Waals surface area contributed by atoms with Crippen LogP contribution in [-0.4, -0.2) is 92.6 Å². The summed E-state index contributed by atoms with van der Waals surface area (Å²) in [5, 5.41) is 0. The van der Waals surface area contributed by atoms with Crippen molar-refractivity contribution in [2.45, 2.75) is 49.9 Å². The van der Waals surface area contributed by atoms with Crippen LogP contribution in [0.4, 0.5) is 0 Å². The molecule has 2 fully saturated rings. The van der Waals surface area contributed by atoms with Crippen molar-refractivity contribution in [2.24, 2.45) is 0 Å². The first kappa shape index (κ1) is 33.8. The number of aromatic nitrogens is 4. The first-order chi connectivity index (χ1) is 25.3. The number of nitrogens with one attached hydrogen (secondary N) is 2. The molecule has 10 heteroatoms. The van der Waals surface area contributed by atoms with Crippen LogP contribution >= 0.6 is 0 Å². The number of H-pyrrole nitrogens is 2. The van der Waals surface area contributed by atoms with Crippen LogP contribution in [0.25, 0.3) is 33.2 Å². The van der Waals surface area contributed by atoms with Crippen molar-refractivity contribution >= 4 is 33.9 Å². The molecule has 2 aliphatic heterocycles. The number of likely N-dealkylation sites (N-methyl/N-ethyl adjacent to an activating group) is 2. The first-order valence-corrected chi connectivity index (χ1v) is 18.3. The lowest BCUT2D eigenvalue weighted by atomic mass is 10.0. The largest absolute Gasteiger partial charge is 0.340 e. The van der Waals surface area contributed by atoms with E-state index in [9.17, 15) is 9.59 Å². The van der Waals surface area contributed by atoms with Gasteiger partial charge < -0.3 is 19.8 Å². The van der Waals surface area contributed by atoms with E-state index in [-0.39, 0.29) is 36.0 Å². The average Bonchev–Trinajstić information content (AvgIpc) is 3.97. The van der Waals surface area contributed by atoms with Gasteiger partial charge >= 0.3 is 0 Å². The third kappa shape index (κ3) is 6.26. The Labute approximate surface area is 304 Å². The number of fused-ring (bicyclic) bond motifs is 2. The van der Waals surface area contributed by atoms with Crippen LogP contribution in [0, 0.1) is 0 Å². The van der Waals surface area contributed by atoms with Crippen molar-refractivity contribution in [1.29, 1.82) is 0 Å². The minimum Gasteiger partial charge on any atom is -0.340 e. The molecule has 0 bridgehead atoms. The van der Waals surface area contributed by atoms with E-state index in [0.29, 0.717) is 13.1 Å². The zero-order valence-corrected chi connectivity index (χ0v) is 30.3. The van der Waals surface area contributed by atoms with Crippen LogP contribution < -0.4 is 0 Å². The number of carbonyl (C=O) groups excluding carboxylic acids is 2. The van der Waals surface area contributed by atoms with Gasteiger partial charge in [-0.2, -0.15) is 0 Å². The highest BCUT2D eigenvalue weighted by Gasteiger charge is 2.38. The Hall–Kier alpha value is -5.32. The molecule has 266 valence electrons. The van der Waals surface area contributed by atoms with Crippen molar-refractivity contribution in [3.05, 3.63) is 120 Å². The number of imidazole rings is 2. The van der Waals surface area contributed by atoms with E-state index in [2.05, 4.69) is 46.4 Å². The van der Waals surface area contributed by atoms with Crippen molar-refractivity contribution in [2.75, 3.05) is 41.3 Å². The van der Waals surface area contributed by atoms with E-state index in [4.69, 9.17) is 9.97 Å². The Bertz CT molecular complexity index is 2050. The maximum atomic E-state index is 14.0. The lowest BCUT2D eigenvalue weighted by molar-refractivity contribution is -0.138. The molecule has 0 saturated carbocycles. The summed E-state index contributed by atoms with van der Waals surface area (Å²) in [7, 11) is 7.84. The topological polar surface area (TPSA) is 104 Å². The number of benzene rings is 4.